The summed E-state index contributed by atoms with van der Waals surface area (Å²) in [6, 6.07) is 56.3. The Morgan fingerprint density at radius 3 is 1.81 bits per heavy atom. The van der Waals surface area contributed by atoms with Crippen LogP contribution in [0.1, 0.15) is 0 Å². The molecule has 0 atom stereocenters. The van der Waals surface area contributed by atoms with E-state index in [0.29, 0.717) is 17.5 Å². The van der Waals surface area contributed by atoms with Crippen molar-refractivity contribution in [3.05, 3.63) is 164 Å². The van der Waals surface area contributed by atoms with Crippen molar-refractivity contribution >= 4 is 65.4 Å². The molecule has 3 aromatic heterocycles. The zero-order chi connectivity index (χ0) is 34.2. The third-order valence-electron chi connectivity index (χ3n) is 10.1. The molecule has 0 unspecified atom stereocenters. The van der Waals surface area contributed by atoms with Crippen LogP contribution in [0.4, 0.5) is 0 Å². The van der Waals surface area contributed by atoms with Crippen molar-refractivity contribution < 1.29 is 8.83 Å². The van der Waals surface area contributed by atoms with E-state index in [1.54, 1.807) is 0 Å². The first-order valence-corrected chi connectivity index (χ1v) is 17.3. The molecule has 0 aliphatic rings. The molecule has 0 aliphatic carbocycles. The van der Waals surface area contributed by atoms with Crippen LogP contribution in [0.5, 0.6) is 0 Å². The van der Waals surface area contributed by atoms with Crippen LogP contribution in [0.3, 0.4) is 0 Å². The number of rotatable bonds is 4. The molecule has 0 aliphatic heterocycles. The lowest BCUT2D eigenvalue weighted by Crippen LogP contribution is -2.00. The standard InChI is InChI=1S/C47H27N3O2/c1-2-12-29(13-3-1)37-27-42-43(34-16-7-6-15-33(34)37)38-26-32(23-24-40(38)52-42)46-48-45(31-22-21-28-11-4-5-14-30(28)25-31)49-47(50-46)36-18-10-20-41-44(36)35-17-8-9-19-39(35)51-41/h1-27H. The zero-order valence-electron chi connectivity index (χ0n) is 27.7. The van der Waals surface area contributed by atoms with E-state index in [1.165, 1.54) is 5.39 Å². The number of benzene rings is 8. The fraction of sp³-hybridized carbons (Fsp3) is 0. The van der Waals surface area contributed by atoms with Gasteiger partial charge in [-0.05, 0) is 75.1 Å². The predicted octanol–water partition coefficient (Wildman–Crippen LogP) is 12.6. The normalized spacial score (nSPS) is 11.8. The first-order chi connectivity index (χ1) is 25.7. The van der Waals surface area contributed by atoms with Gasteiger partial charge in [-0.3, -0.25) is 0 Å². The Morgan fingerprint density at radius 2 is 0.942 bits per heavy atom. The molecule has 5 nitrogen and oxygen atoms in total. The molecule has 11 rings (SSSR count). The predicted molar refractivity (Wildman–Crippen MR) is 211 cm³/mol. The summed E-state index contributed by atoms with van der Waals surface area (Å²) >= 11 is 0. The van der Waals surface area contributed by atoms with Crippen molar-refractivity contribution in [2.45, 2.75) is 0 Å². The van der Waals surface area contributed by atoms with Crippen LogP contribution in [0.15, 0.2) is 173 Å². The van der Waals surface area contributed by atoms with Crippen molar-refractivity contribution in [3.63, 3.8) is 0 Å². The van der Waals surface area contributed by atoms with Crippen LogP contribution in [0.25, 0.3) is 111 Å². The lowest BCUT2D eigenvalue weighted by atomic mass is 9.95. The van der Waals surface area contributed by atoms with Gasteiger partial charge in [-0.15, -0.1) is 0 Å². The minimum Gasteiger partial charge on any atom is -0.456 e. The molecule has 52 heavy (non-hydrogen) atoms. The summed E-state index contributed by atoms with van der Waals surface area (Å²) in [5.41, 5.74) is 8.26. The maximum atomic E-state index is 6.56. The SMILES string of the molecule is c1ccc(-c2cc3oc4ccc(-c5nc(-c6ccc7ccccc7c6)nc(-c6cccc7oc8ccccc8c67)n5)cc4c3c3ccccc23)cc1. The van der Waals surface area contributed by atoms with E-state index in [-0.39, 0.29) is 0 Å². The Morgan fingerprint density at radius 1 is 0.308 bits per heavy atom. The van der Waals surface area contributed by atoms with Gasteiger partial charge in [0, 0.05) is 38.2 Å². The monoisotopic (exact) mass is 665 g/mol. The number of aromatic nitrogens is 3. The van der Waals surface area contributed by atoms with Gasteiger partial charge in [-0.2, -0.15) is 0 Å². The summed E-state index contributed by atoms with van der Waals surface area (Å²) < 4.78 is 12.8. The zero-order valence-corrected chi connectivity index (χ0v) is 27.7. The van der Waals surface area contributed by atoms with Crippen LogP contribution >= 0.6 is 0 Å². The third kappa shape index (κ3) is 4.46. The number of hydrogen-bond donors (Lipinski definition) is 0. The van der Waals surface area contributed by atoms with Crippen molar-refractivity contribution in [2.24, 2.45) is 0 Å². The molecule has 8 aromatic carbocycles. The molecule has 3 heterocycles. The summed E-state index contributed by atoms with van der Waals surface area (Å²) in [6.45, 7) is 0. The molecular weight excluding hydrogens is 639 g/mol. The molecule has 0 radical (unpaired) electrons. The van der Waals surface area contributed by atoms with E-state index in [1.807, 2.05) is 48.5 Å². The maximum Gasteiger partial charge on any atom is 0.164 e. The van der Waals surface area contributed by atoms with Crippen LogP contribution < -0.4 is 0 Å². The molecule has 5 heteroatoms. The second-order valence-corrected chi connectivity index (χ2v) is 13.2. The Bertz CT molecular complexity index is 3190. The molecule has 0 bridgehead atoms. The van der Waals surface area contributed by atoms with Gasteiger partial charge in [0.1, 0.15) is 22.3 Å². The highest BCUT2D eigenvalue weighted by Gasteiger charge is 2.20. The average molecular weight is 666 g/mol. The Kier molecular flexibility index (Phi) is 6.18. The molecule has 0 spiro atoms. The van der Waals surface area contributed by atoms with Gasteiger partial charge < -0.3 is 8.83 Å². The summed E-state index contributed by atoms with van der Waals surface area (Å²) in [7, 11) is 0. The van der Waals surface area contributed by atoms with Gasteiger partial charge in [0.2, 0.25) is 0 Å². The number of fused-ring (bicyclic) bond motifs is 9. The lowest BCUT2D eigenvalue weighted by Gasteiger charge is -2.10. The van der Waals surface area contributed by atoms with Crippen LogP contribution in [0.2, 0.25) is 0 Å². The fourth-order valence-electron chi connectivity index (χ4n) is 7.68. The first kappa shape index (κ1) is 28.7. The van der Waals surface area contributed by atoms with Gasteiger partial charge >= 0.3 is 0 Å². The second kappa shape index (κ2) is 11.2. The van der Waals surface area contributed by atoms with Crippen LogP contribution in [-0.2, 0) is 0 Å². The molecule has 0 N–H and O–H groups in total. The highest BCUT2D eigenvalue weighted by atomic mass is 16.3. The first-order valence-electron chi connectivity index (χ1n) is 17.3. The Hall–Kier alpha value is -7.11. The quantitative estimate of drug-likeness (QED) is 0.187. The second-order valence-electron chi connectivity index (χ2n) is 13.2. The van der Waals surface area contributed by atoms with Gasteiger partial charge in [0.15, 0.2) is 17.5 Å². The van der Waals surface area contributed by atoms with Crippen molar-refractivity contribution in [2.75, 3.05) is 0 Å². The average Bonchev–Trinajstić information content (AvgIpc) is 3.79. The Balaban J connectivity index is 1.16. The minimum absolute atomic E-state index is 0.583. The summed E-state index contributed by atoms with van der Waals surface area (Å²) in [5.74, 6) is 1.77. The Labute approximate surface area is 297 Å². The van der Waals surface area contributed by atoms with Crippen molar-refractivity contribution in [1.29, 1.82) is 0 Å². The van der Waals surface area contributed by atoms with E-state index in [9.17, 15) is 0 Å². The van der Waals surface area contributed by atoms with E-state index >= 15 is 0 Å². The van der Waals surface area contributed by atoms with Crippen molar-refractivity contribution in [1.82, 2.24) is 15.0 Å². The van der Waals surface area contributed by atoms with E-state index < -0.39 is 0 Å². The molecule has 0 amide bonds. The molecule has 11 aromatic rings. The highest BCUT2D eigenvalue weighted by molar-refractivity contribution is 6.22. The van der Waals surface area contributed by atoms with E-state index in [4.69, 9.17) is 23.8 Å². The summed E-state index contributed by atoms with van der Waals surface area (Å²) in [6.07, 6.45) is 0. The fourth-order valence-corrected chi connectivity index (χ4v) is 7.68. The topological polar surface area (TPSA) is 65.0 Å². The van der Waals surface area contributed by atoms with Crippen LogP contribution in [-0.4, -0.2) is 15.0 Å². The number of hydrogen-bond acceptors (Lipinski definition) is 5. The number of para-hydroxylation sites is 1. The molecule has 0 saturated carbocycles. The van der Waals surface area contributed by atoms with Gasteiger partial charge in [0.05, 0.1) is 0 Å². The molecule has 0 fully saturated rings. The van der Waals surface area contributed by atoms with Gasteiger partial charge in [-0.25, -0.2) is 15.0 Å². The van der Waals surface area contributed by atoms with Crippen LogP contribution in [0, 0.1) is 0 Å². The smallest absolute Gasteiger partial charge is 0.164 e. The van der Waals surface area contributed by atoms with Gasteiger partial charge in [0.25, 0.3) is 0 Å². The lowest BCUT2D eigenvalue weighted by molar-refractivity contribution is 0.668. The van der Waals surface area contributed by atoms with Crippen molar-refractivity contribution in [3.8, 4) is 45.3 Å². The third-order valence-corrected chi connectivity index (χ3v) is 10.1. The van der Waals surface area contributed by atoms with E-state index in [0.717, 1.165) is 87.9 Å². The maximum absolute atomic E-state index is 6.56. The minimum atomic E-state index is 0.583. The molecule has 0 saturated heterocycles. The highest BCUT2D eigenvalue weighted by Crippen LogP contribution is 2.42. The summed E-state index contributed by atoms with van der Waals surface area (Å²) in [5, 5.41) is 8.70. The summed E-state index contributed by atoms with van der Waals surface area (Å²) in [4.78, 5) is 15.5. The van der Waals surface area contributed by atoms with Gasteiger partial charge in [-0.1, -0.05) is 121 Å². The van der Waals surface area contributed by atoms with E-state index in [2.05, 4.69) is 115 Å². The largest absolute Gasteiger partial charge is 0.456 e. The molecular formula is C47H27N3O2. The number of nitrogens with zero attached hydrogens (tertiary/aromatic N) is 3. The number of furan rings is 2. The molecule has 242 valence electrons.